The van der Waals surface area contributed by atoms with Crippen LogP contribution in [-0.4, -0.2) is 27.0 Å². The van der Waals surface area contributed by atoms with E-state index in [1.165, 1.54) is 5.56 Å². The van der Waals surface area contributed by atoms with E-state index in [4.69, 9.17) is 0 Å². The first-order chi connectivity index (χ1) is 7.54. The Kier molecular flexibility index (Phi) is 4.50. The lowest BCUT2D eigenvalue weighted by Crippen LogP contribution is -2.46. The molecule has 0 aliphatic carbocycles. The minimum absolute atomic E-state index is 0.153. The van der Waals surface area contributed by atoms with Crippen molar-refractivity contribution in [2.75, 3.05) is 6.61 Å². The number of nitrogens with one attached hydrogen (secondary N) is 1. The third kappa shape index (κ3) is 3.06. The van der Waals surface area contributed by atoms with E-state index < -0.39 is 0 Å². The number of rotatable bonds is 6. The van der Waals surface area contributed by atoms with Crippen LogP contribution in [0.4, 0.5) is 0 Å². The molecule has 4 nitrogen and oxygen atoms in total. The second-order valence-electron chi connectivity index (χ2n) is 4.62. The summed E-state index contributed by atoms with van der Waals surface area (Å²) < 4.78 is 1.81. The lowest BCUT2D eigenvalue weighted by Gasteiger charge is -2.32. The number of hydrogen-bond donors (Lipinski definition) is 2. The Morgan fingerprint density at radius 3 is 2.62 bits per heavy atom. The van der Waals surface area contributed by atoms with Crippen LogP contribution in [0.15, 0.2) is 12.4 Å². The van der Waals surface area contributed by atoms with E-state index in [9.17, 15) is 5.11 Å². The van der Waals surface area contributed by atoms with Gasteiger partial charge in [0.2, 0.25) is 0 Å². The number of aliphatic hydroxyl groups excluding tert-OH is 1. The molecule has 0 saturated heterocycles. The molecule has 0 aromatic carbocycles. The van der Waals surface area contributed by atoms with Crippen molar-refractivity contribution in [2.45, 2.75) is 45.2 Å². The van der Waals surface area contributed by atoms with Crippen LogP contribution in [0.2, 0.25) is 0 Å². The maximum atomic E-state index is 9.40. The van der Waals surface area contributed by atoms with Gasteiger partial charge in [0.25, 0.3) is 0 Å². The fraction of sp³-hybridized carbons (Fsp3) is 0.750. The highest BCUT2D eigenvalue weighted by atomic mass is 16.3. The summed E-state index contributed by atoms with van der Waals surface area (Å²) in [5.74, 6) is 0. The van der Waals surface area contributed by atoms with E-state index in [0.29, 0.717) is 0 Å². The molecule has 1 aromatic heterocycles. The Labute approximate surface area is 97.7 Å². The first-order valence-corrected chi connectivity index (χ1v) is 5.91. The molecule has 0 aliphatic rings. The highest BCUT2D eigenvalue weighted by molar-refractivity contribution is 5.11. The summed E-state index contributed by atoms with van der Waals surface area (Å²) in [4.78, 5) is 0. The van der Waals surface area contributed by atoms with E-state index in [0.717, 1.165) is 12.8 Å². The first-order valence-electron chi connectivity index (χ1n) is 5.91. The molecule has 16 heavy (non-hydrogen) atoms. The molecule has 0 aliphatic heterocycles. The molecular formula is C12H23N3O. The highest BCUT2D eigenvalue weighted by Gasteiger charge is 2.25. The van der Waals surface area contributed by atoms with Gasteiger partial charge >= 0.3 is 0 Å². The van der Waals surface area contributed by atoms with E-state index in [1.54, 1.807) is 0 Å². The molecule has 0 bridgehead atoms. The standard InChI is InChI=1S/C12H23N3O/c1-5-11(10-7-13-15(4)8-10)14-12(3,6-2)9-16/h7-8,11,14,16H,5-6,9H2,1-4H3. The molecule has 2 atom stereocenters. The van der Waals surface area contributed by atoms with Crippen LogP contribution in [0, 0.1) is 0 Å². The normalized spacial score (nSPS) is 17.1. The first kappa shape index (κ1) is 13.2. The molecule has 0 fully saturated rings. The molecule has 4 heteroatoms. The number of aryl methyl sites for hydroxylation is 1. The van der Waals surface area contributed by atoms with Gasteiger partial charge in [0.05, 0.1) is 12.8 Å². The van der Waals surface area contributed by atoms with Crippen molar-refractivity contribution in [1.29, 1.82) is 0 Å². The van der Waals surface area contributed by atoms with E-state index in [-0.39, 0.29) is 18.2 Å². The number of hydrogen-bond acceptors (Lipinski definition) is 3. The van der Waals surface area contributed by atoms with Crippen molar-refractivity contribution in [3.05, 3.63) is 18.0 Å². The Morgan fingerprint density at radius 1 is 1.56 bits per heavy atom. The molecule has 0 radical (unpaired) electrons. The summed E-state index contributed by atoms with van der Waals surface area (Å²) in [5, 5.41) is 17.1. The van der Waals surface area contributed by atoms with Crippen LogP contribution >= 0.6 is 0 Å². The summed E-state index contributed by atoms with van der Waals surface area (Å²) >= 11 is 0. The number of aromatic nitrogens is 2. The summed E-state index contributed by atoms with van der Waals surface area (Å²) in [5.41, 5.74) is 0.967. The van der Waals surface area contributed by atoms with Crippen LogP contribution in [0.5, 0.6) is 0 Å². The van der Waals surface area contributed by atoms with Gasteiger partial charge in [-0.25, -0.2) is 0 Å². The average molecular weight is 225 g/mol. The minimum atomic E-state index is -0.212. The van der Waals surface area contributed by atoms with E-state index >= 15 is 0 Å². The van der Waals surface area contributed by atoms with Gasteiger partial charge in [0.15, 0.2) is 0 Å². The zero-order chi connectivity index (χ0) is 12.2. The molecule has 0 amide bonds. The number of aliphatic hydroxyl groups is 1. The SMILES string of the molecule is CCC(NC(C)(CC)CO)c1cnn(C)c1. The van der Waals surface area contributed by atoms with Crippen LogP contribution in [0.1, 0.15) is 45.2 Å². The predicted octanol–water partition coefficient (Wildman–Crippen LogP) is 1.62. The van der Waals surface area contributed by atoms with Gasteiger partial charge in [-0.1, -0.05) is 13.8 Å². The molecule has 2 N–H and O–H groups in total. The summed E-state index contributed by atoms with van der Waals surface area (Å²) in [6.07, 6.45) is 5.80. The average Bonchev–Trinajstić information content (AvgIpc) is 2.72. The van der Waals surface area contributed by atoms with E-state index in [1.807, 2.05) is 31.0 Å². The predicted molar refractivity (Wildman–Crippen MR) is 65.2 cm³/mol. The van der Waals surface area contributed by atoms with Crippen molar-refractivity contribution in [1.82, 2.24) is 15.1 Å². The fourth-order valence-electron chi connectivity index (χ4n) is 1.72. The monoisotopic (exact) mass is 225 g/mol. The third-order valence-corrected chi connectivity index (χ3v) is 3.19. The Balaban J connectivity index is 2.76. The summed E-state index contributed by atoms with van der Waals surface area (Å²) in [6, 6.07) is 0.255. The van der Waals surface area contributed by atoms with Crippen molar-refractivity contribution >= 4 is 0 Å². The van der Waals surface area contributed by atoms with E-state index in [2.05, 4.69) is 24.3 Å². The van der Waals surface area contributed by atoms with Crippen molar-refractivity contribution in [3.8, 4) is 0 Å². The maximum absolute atomic E-state index is 9.40. The summed E-state index contributed by atoms with van der Waals surface area (Å²) in [6.45, 7) is 6.42. The van der Waals surface area contributed by atoms with Crippen molar-refractivity contribution in [3.63, 3.8) is 0 Å². The second-order valence-corrected chi connectivity index (χ2v) is 4.62. The molecule has 1 aromatic rings. The molecule has 2 unspecified atom stereocenters. The number of nitrogens with zero attached hydrogens (tertiary/aromatic N) is 2. The Morgan fingerprint density at radius 2 is 2.25 bits per heavy atom. The molecule has 1 heterocycles. The second kappa shape index (κ2) is 5.46. The van der Waals surface area contributed by atoms with Gasteiger partial charge in [-0.15, -0.1) is 0 Å². The third-order valence-electron chi connectivity index (χ3n) is 3.19. The van der Waals surface area contributed by atoms with Gasteiger partial charge in [0, 0.05) is 30.4 Å². The largest absolute Gasteiger partial charge is 0.394 e. The van der Waals surface area contributed by atoms with Gasteiger partial charge in [-0.2, -0.15) is 5.10 Å². The summed E-state index contributed by atoms with van der Waals surface area (Å²) in [7, 11) is 1.92. The van der Waals surface area contributed by atoms with Gasteiger partial charge in [0.1, 0.15) is 0 Å². The van der Waals surface area contributed by atoms with Crippen molar-refractivity contribution in [2.24, 2.45) is 7.05 Å². The van der Waals surface area contributed by atoms with Crippen LogP contribution in [0.25, 0.3) is 0 Å². The smallest absolute Gasteiger partial charge is 0.0610 e. The lowest BCUT2D eigenvalue weighted by molar-refractivity contribution is 0.155. The van der Waals surface area contributed by atoms with Gasteiger partial charge < -0.3 is 10.4 Å². The molecular weight excluding hydrogens is 202 g/mol. The highest BCUT2D eigenvalue weighted by Crippen LogP contribution is 2.21. The molecule has 1 rings (SSSR count). The molecule has 0 saturated carbocycles. The minimum Gasteiger partial charge on any atom is -0.394 e. The van der Waals surface area contributed by atoms with Crippen LogP contribution in [-0.2, 0) is 7.05 Å². The maximum Gasteiger partial charge on any atom is 0.0610 e. The lowest BCUT2D eigenvalue weighted by atomic mass is 9.96. The molecule has 0 spiro atoms. The zero-order valence-corrected chi connectivity index (χ0v) is 10.7. The van der Waals surface area contributed by atoms with Crippen molar-refractivity contribution < 1.29 is 5.11 Å². The van der Waals surface area contributed by atoms with Gasteiger partial charge in [-0.05, 0) is 19.8 Å². The Hall–Kier alpha value is -0.870. The molecule has 92 valence electrons. The van der Waals surface area contributed by atoms with Crippen LogP contribution in [0.3, 0.4) is 0 Å². The quantitative estimate of drug-likeness (QED) is 0.773. The zero-order valence-electron chi connectivity index (χ0n) is 10.7. The Bertz CT molecular complexity index is 318. The fourth-order valence-corrected chi connectivity index (χ4v) is 1.72. The van der Waals surface area contributed by atoms with Crippen LogP contribution < -0.4 is 5.32 Å². The van der Waals surface area contributed by atoms with Gasteiger partial charge in [-0.3, -0.25) is 4.68 Å². The topological polar surface area (TPSA) is 50.1 Å².